The lowest BCUT2D eigenvalue weighted by molar-refractivity contribution is -0.125. The van der Waals surface area contributed by atoms with Crippen molar-refractivity contribution in [2.24, 2.45) is 11.7 Å². The van der Waals surface area contributed by atoms with Gasteiger partial charge in [0.25, 0.3) is 0 Å². The highest BCUT2D eigenvalue weighted by Crippen LogP contribution is 2.26. The molecule has 0 saturated heterocycles. The maximum absolute atomic E-state index is 13.6. The number of carbonyl (C=O) groups is 2. The Labute approximate surface area is 146 Å². The van der Waals surface area contributed by atoms with Crippen molar-refractivity contribution in [3.05, 3.63) is 36.3 Å². The van der Waals surface area contributed by atoms with Crippen molar-refractivity contribution < 1.29 is 18.4 Å². The minimum absolute atomic E-state index is 0.0910. The number of anilines is 1. The molecule has 7 heteroatoms. The van der Waals surface area contributed by atoms with Gasteiger partial charge >= 0.3 is 0 Å². The fraction of sp³-hybridized carbons (Fsp3) is 0.500. The molecule has 0 aliphatic heterocycles. The largest absolute Gasteiger partial charge is 0.380 e. The third-order valence-corrected chi connectivity index (χ3v) is 4.47. The van der Waals surface area contributed by atoms with E-state index in [9.17, 15) is 18.4 Å². The van der Waals surface area contributed by atoms with E-state index in [4.69, 9.17) is 5.73 Å². The van der Waals surface area contributed by atoms with Crippen LogP contribution >= 0.6 is 0 Å². The first-order valence-corrected chi connectivity index (χ1v) is 8.58. The summed E-state index contributed by atoms with van der Waals surface area (Å²) in [4.78, 5) is 23.5. The highest BCUT2D eigenvalue weighted by atomic mass is 19.2. The molecule has 1 atom stereocenters. The zero-order chi connectivity index (χ0) is 18.2. The van der Waals surface area contributed by atoms with E-state index in [1.807, 2.05) is 0 Å². The summed E-state index contributed by atoms with van der Waals surface area (Å²) < 4.78 is 26.8. The second-order valence-electron chi connectivity index (χ2n) is 6.39. The van der Waals surface area contributed by atoms with Gasteiger partial charge in [0.2, 0.25) is 11.8 Å². The molecule has 137 valence electrons. The van der Waals surface area contributed by atoms with Gasteiger partial charge in [-0.15, -0.1) is 0 Å². The van der Waals surface area contributed by atoms with Crippen molar-refractivity contribution in [1.82, 2.24) is 5.32 Å². The van der Waals surface area contributed by atoms with E-state index in [1.165, 1.54) is 37.8 Å². The first-order valence-electron chi connectivity index (χ1n) is 8.58. The van der Waals surface area contributed by atoms with Gasteiger partial charge in [0.05, 0.1) is 5.69 Å². The van der Waals surface area contributed by atoms with Gasteiger partial charge in [-0.05, 0) is 24.5 Å². The number of carbonyl (C=O) groups excluding carboxylic acids is 2. The van der Waals surface area contributed by atoms with Crippen LogP contribution in [0.2, 0.25) is 0 Å². The zero-order valence-corrected chi connectivity index (χ0v) is 14.1. The Balaban J connectivity index is 1.82. The number of nitrogens with one attached hydrogen (secondary N) is 2. The molecule has 0 spiro atoms. The van der Waals surface area contributed by atoms with Crippen LogP contribution in [0.15, 0.2) is 18.2 Å². The molecule has 1 aromatic rings. The van der Waals surface area contributed by atoms with Gasteiger partial charge in [-0.25, -0.2) is 8.78 Å². The molecule has 1 radical (unpaired) electrons. The van der Waals surface area contributed by atoms with Crippen molar-refractivity contribution in [3.63, 3.8) is 0 Å². The number of rotatable bonds is 8. The standard InChI is InChI=1S/C18H24F2N3O2/c19-13-7-4-8-14(17(13)20)22-11-15(18(21)25)23-16(24)10-9-12-5-2-1-3-6-12/h4,7-8,10,12,15,22H,1-3,5-6,9,11H2,(H2,21,25)(H,23,24)/t15-/m0/s1. The molecule has 0 aromatic heterocycles. The second-order valence-corrected chi connectivity index (χ2v) is 6.39. The topological polar surface area (TPSA) is 84.2 Å². The fourth-order valence-electron chi connectivity index (χ4n) is 3.00. The predicted octanol–water partition coefficient (Wildman–Crippen LogP) is 2.52. The Kier molecular flexibility index (Phi) is 7.16. The molecule has 25 heavy (non-hydrogen) atoms. The van der Waals surface area contributed by atoms with Gasteiger partial charge in [0.15, 0.2) is 11.6 Å². The Morgan fingerprint density at radius 2 is 1.96 bits per heavy atom. The molecule has 0 heterocycles. The van der Waals surface area contributed by atoms with Gasteiger partial charge in [-0.1, -0.05) is 38.2 Å². The monoisotopic (exact) mass is 352 g/mol. The third-order valence-electron chi connectivity index (χ3n) is 4.47. The maximum Gasteiger partial charge on any atom is 0.241 e. The van der Waals surface area contributed by atoms with Crippen molar-refractivity contribution in [2.75, 3.05) is 11.9 Å². The van der Waals surface area contributed by atoms with E-state index < -0.39 is 23.6 Å². The molecule has 1 fully saturated rings. The molecule has 1 aliphatic carbocycles. The van der Waals surface area contributed by atoms with Gasteiger partial charge in [-0.2, -0.15) is 0 Å². The quantitative estimate of drug-likeness (QED) is 0.672. The number of amides is 2. The number of hydrogen-bond donors (Lipinski definition) is 3. The molecule has 0 unspecified atom stereocenters. The predicted molar refractivity (Wildman–Crippen MR) is 91.5 cm³/mol. The first kappa shape index (κ1) is 19.1. The van der Waals surface area contributed by atoms with Crippen LogP contribution in [0.3, 0.4) is 0 Å². The summed E-state index contributed by atoms with van der Waals surface area (Å²) in [5.74, 6) is -2.66. The summed E-state index contributed by atoms with van der Waals surface area (Å²) in [7, 11) is 0. The van der Waals surface area contributed by atoms with Gasteiger partial charge in [-0.3, -0.25) is 9.59 Å². The Morgan fingerprint density at radius 3 is 2.64 bits per heavy atom. The van der Waals surface area contributed by atoms with E-state index in [0.29, 0.717) is 12.3 Å². The summed E-state index contributed by atoms with van der Waals surface area (Å²) in [5.41, 5.74) is 5.19. The summed E-state index contributed by atoms with van der Waals surface area (Å²) in [6.07, 6.45) is 8.06. The minimum atomic E-state index is -1.04. The molecular formula is C18H24F2N3O2. The number of benzene rings is 1. The Bertz CT molecular complexity index is 604. The van der Waals surface area contributed by atoms with Crippen LogP contribution in [-0.4, -0.2) is 24.4 Å². The normalized spacial score (nSPS) is 16.2. The molecule has 1 saturated carbocycles. The Hall–Kier alpha value is -2.18. The second kappa shape index (κ2) is 9.34. The van der Waals surface area contributed by atoms with E-state index in [0.717, 1.165) is 18.9 Å². The zero-order valence-electron chi connectivity index (χ0n) is 14.1. The van der Waals surface area contributed by atoms with Gasteiger partial charge in [0, 0.05) is 13.0 Å². The van der Waals surface area contributed by atoms with E-state index in [-0.39, 0.29) is 18.1 Å². The number of nitrogens with two attached hydrogens (primary N) is 1. The molecule has 4 N–H and O–H groups in total. The van der Waals surface area contributed by atoms with Crippen LogP contribution in [-0.2, 0) is 9.59 Å². The first-order chi connectivity index (χ1) is 12.0. The van der Waals surface area contributed by atoms with Gasteiger partial charge < -0.3 is 16.4 Å². The summed E-state index contributed by atoms with van der Waals surface area (Å²) >= 11 is 0. The highest BCUT2D eigenvalue weighted by Gasteiger charge is 2.20. The SMILES string of the molecule is NC(=O)[C@H](CNc1cccc(F)c1F)NC(=O)[CH]CC1CCCCC1. The smallest absolute Gasteiger partial charge is 0.241 e. The van der Waals surface area contributed by atoms with Crippen molar-refractivity contribution in [3.8, 4) is 0 Å². The van der Waals surface area contributed by atoms with Crippen molar-refractivity contribution >= 4 is 17.5 Å². The van der Waals surface area contributed by atoms with Gasteiger partial charge in [0.1, 0.15) is 6.04 Å². The van der Waals surface area contributed by atoms with Crippen LogP contribution in [0.25, 0.3) is 0 Å². The van der Waals surface area contributed by atoms with Crippen LogP contribution < -0.4 is 16.4 Å². The molecule has 1 aromatic carbocycles. The Morgan fingerprint density at radius 1 is 1.24 bits per heavy atom. The average Bonchev–Trinajstić information content (AvgIpc) is 2.60. The summed E-state index contributed by atoms with van der Waals surface area (Å²) in [6.45, 7) is -0.126. The lowest BCUT2D eigenvalue weighted by Crippen LogP contribution is -2.48. The molecule has 2 amide bonds. The number of hydrogen-bond acceptors (Lipinski definition) is 3. The summed E-state index contributed by atoms with van der Waals surface area (Å²) in [6, 6.07) is 2.66. The average molecular weight is 352 g/mol. The lowest BCUT2D eigenvalue weighted by Gasteiger charge is -2.22. The summed E-state index contributed by atoms with van der Waals surface area (Å²) in [5, 5.41) is 5.11. The molecule has 5 nitrogen and oxygen atoms in total. The van der Waals surface area contributed by atoms with Crippen LogP contribution in [0.1, 0.15) is 38.5 Å². The lowest BCUT2D eigenvalue weighted by atomic mass is 9.86. The molecule has 1 aliphatic rings. The molecule has 0 bridgehead atoms. The number of halogens is 2. The van der Waals surface area contributed by atoms with Crippen molar-refractivity contribution in [2.45, 2.75) is 44.6 Å². The van der Waals surface area contributed by atoms with Crippen LogP contribution in [0.4, 0.5) is 14.5 Å². The molecular weight excluding hydrogens is 328 g/mol. The van der Waals surface area contributed by atoms with Crippen molar-refractivity contribution in [1.29, 1.82) is 0 Å². The van der Waals surface area contributed by atoms with E-state index in [1.54, 1.807) is 0 Å². The van der Waals surface area contributed by atoms with E-state index in [2.05, 4.69) is 10.6 Å². The highest BCUT2D eigenvalue weighted by molar-refractivity contribution is 5.90. The minimum Gasteiger partial charge on any atom is -0.380 e. The fourth-order valence-corrected chi connectivity index (χ4v) is 3.00. The molecule has 2 rings (SSSR count). The number of primary amides is 1. The van der Waals surface area contributed by atoms with Crippen LogP contribution in [0.5, 0.6) is 0 Å². The maximum atomic E-state index is 13.6. The third kappa shape index (κ3) is 5.99. The van der Waals surface area contributed by atoms with Crippen LogP contribution in [0, 0.1) is 24.0 Å². The van der Waals surface area contributed by atoms with E-state index >= 15 is 0 Å².